The van der Waals surface area contributed by atoms with Gasteiger partial charge in [-0.1, -0.05) is 12.1 Å². The van der Waals surface area contributed by atoms with Crippen molar-refractivity contribution >= 4 is 45.0 Å². The molecule has 1 aromatic carbocycles. The van der Waals surface area contributed by atoms with E-state index in [9.17, 15) is 14.4 Å². The van der Waals surface area contributed by atoms with Crippen LogP contribution < -0.4 is 21.7 Å². The quantitative estimate of drug-likeness (QED) is 0.356. The SMILES string of the molecule is CCn1c(NNC(=O)c2c(NC(=O)c3cccnc3)sc3c2CCCC3)nc2ccccc2c1=O. The molecular formula is C25H24N6O3S. The number of hydrazine groups is 1. The minimum atomic E-state index is -0.393. The Bertz CT molecular complexity index is 1480. The Balaban J connectivity index is 1.44. The molecule has 0 atom stereocenters. The molecule has 4 aromatic rings. The van der Waals surface area contributed by atoms with E-state index in [4.69, 9.17) is 0 Å². The van der Waals surface area contributed by atoms with E-state index in [1.807, 2.05) is 13.0 Å². The zero-order valence-electron chi connectivity index (χ0n) is 19.1. The molecule has 5 rings (SSSR count). The van der Waals surface area contributed by atoms with Gasteiger partial charge in [-0.2, -0.15) is 0 Å². The summed E-state index contributed by atoms with van der Waals surface area (Å²) in [7, 11) is 0. The Morgan fingerprint density at radius 1 is 1.09 bits per heavy atom. The van der Waals surface area contributed by atoms with Crippen molar-refractivity contribution in [3.8, 4) is 0 Å². The summed E-state index contributed by atoms with van der Waals surface area (Å²) >= 11 is 1.44. The van der Waals surface area contributed by atoms with E-state index < -0.39 is 5.91 Å². The molecule has 3 aromatic heterocycles. The lowest BCUT2D eigenvalue weighted by Crippen LogP contribution is -2.35. The number of anilines is 2. The predicted molar refractivity (Wildman–Crippen MR) is 136 cm³/mol. The van der Waals surface area contributed by atoms with Crippen LogP contribution in [0, 0.1) is 0 Å². The third-order valence-electron chi connectivity index (χ3n) is 6.01. The Hall–Kier alpha value is -4.05. The van der Waals surface area contributed by atoms with E-state index >= 15 is 0 Å². The van der Waals surface area contributed by atoms with Gasteiger partial charge in [-0.25, -0.2) is 4.98 Å². The highest BCUT2D eigenvalue weighted by Gasteiger charge is 2.27. The van der Waals surface area contributed by atoms with Gasteiger partial charge >= 0.3 is 0 Å². The van der Waals surface area contributed by atoms with E-state index in [0.29, 0.717) is 33.6 Å². The molecular weight excluding hydrogens is 464 g/mol. The monoisotopic (exact) mass is 488 g/mol. The van der Waals surface area contributed by atoms with Crippen molar-refractivity contribution in [2.75, 3.05) is 10.7 Å². The lowest BCUT2D eigenvalue weighted by molar-refractivity contribution is 0.0962. The van der Waals surface area contributed by atoms with E-state index in [1.165, 1.54) is 22.1 Å². The second kappa shape index (κ2) is 9.67. The molecule has 2 amide bonds. The number of aromatic nitrogens is 3. The fraction of sp³-hybridized carbons (Fsp3) is 0.240. The minimum Gasteiger partial charge on any atom is -0.313 e. The number of fused-ring (bicyclic) bond motifs is 2. The summed E-state index contributed by atoms with van der Waals surface area (Å²) in [6.07, 6.45) is 6.76. The standard InChI is InChI=1S/C25H24N6O3S/c1-2-31-24(34)16-9-3-5-11-18(16)27-25(31)30-29-22(33)20-17-10-4-6-12-19(17)35-23(20)28-21(32)15-8-7-13-26-14-15/h3,5,7-9,11,13-14H,2,4,6,10,12H2,1H3,(H,27,30)(H,28,32)(H,29,33). The van der Waals surface area contributed by atoms with E-state index in [-0.39, 0.29) is 17.4 Å². The molecule has 0 saturated carbocycles. The number of aryl methyl sites for hydroxylation is 1. The zero-order valence-corrected chi connectivity index (χ0v) is 19.9. The molecule has 0 aliphatic heterocycles. The first-order valence-electron chi connectivity index (χ1n) is 11.5. The highest BCUT2D eigenvalue weighted by molar-refractivity contribution is 7.17. The van der Waals surface area contributed by atoms with Gasteiger partial charge in [-0.05, 0) is 62.4 Å². The molecule has 0 fully saturated rings. The lowest BCUT2D eigenvalue weighted by Gasteiger charge is -2.16. The normalized spacial score (nSPS) is 12.7. The van der Waals surface area contributed by atoms with Crippen molar-refractivity contribution in [3.63, 3.8) is 0 Å². The summed E-state index contributed by atoms with van der Waals surface area (Å²) in [6, 6.07) is 10.4. The Morgan fingerprint density at radius 3 is 2.71 bits per heavy atom. The third-order valence-corrected chi connectivity index (χ3v) is 7.22. The number of benzene rings is 1. The van der Waals surface area contributed by atoms with Gasteiger partial charge in [0.05, 0.1) is 22.0 Å². The van der Waals surface area contributed by atoms with Crippen molar-refractivity contribution in [1.82, 2.24) is 20.0 Å². The molecule has 1 aliphatic carbocycles. The molecule has 3 heterocycles. The van der Waals surface area contributed by atoms with Gasteiger partial charge in [-0.3, -0.25) is 34.8 Å². The van der Waals surface area contributed by atoms with Gasteiger partial charge in [0.2, 0.25) is 5.95 Å². The zero-order chi connectivity index (χ0) is 24.4. The van der Waals surface area contributed by atoms with Crippen molar-refractivity contribution in [2.24, 2.45) is 0 Å². The Kier molecular flexibility index (Phi) is 6.28. The molecule has 3 N–H and O–H groups in total. The molecule has 0 unspecified atom stereocenters. The van der Waals surface area contributed by atoms with Crippen LogP contribution in [0.2, 0.25) is 0 Å². The minimum absolute atomic E-state index is 0.188. The molecule has 0 bridgehead atoms. The number of carbonyl (C=O) groups is 2. The van der Waals surface area contributed by atoms with Crippen molar-refractivity contribution < 1.29 is 9.59 Å². The average Bonchev–Trinajstić information content (AvgIpc) is 3.25. The van der Waals surface area contributed by atoms with E-state index in [1.54, 1.807) is 36.5 Å². The van der Waals surface area contributed by atoms with E-state index in [2.05, 4.69) is 26.1 Å². The number of amides is 2. The number of hydrogen-bond donors (Lipinski definition) is 3. The highest BCUT2D eigenvalue weighted by Crippen LogP contribution is 2.38. The van der Waals surface area contributed by atoms with Gasteiger partial charge in [0.15, 0.2) is 0 Å². The first kappa shape index (κ1) is 22.7. The molecule has 0 spiro atoms. The fourth-order valence-electron chi connectivity index (χ4n) is 4.30. The lowest BCUT2D eigenvalue weighted by atomic mass is 9.95. The van der Waals surface area contributed by atoms with Crippen LogP contribution in [-0.4, -0.2) is 26.3 Å². The topological polar surface area (TPSA) is 118 Å². The molecule has 35 heavy (non-hydrogen) atoms. The van der Waals surface area contributed by atoms with Gasteiger partial charge in [0.25, 0.3) is 17.4 Å². The number of pyridine rings is 1. The number of thiophene rings is 1. The van der Waals surface area contributed by atoms with Gasteiger partial charge in [0.1, 0.15) is 5.00 Å². The molecule has 178 valence electrons. The molecule has 9 nitrogen and oxygen atoms in total. The number of rotatable bonds is 6. The Morgan fingerprint density at radius 2 is 1.91 bits per heavy atom. The van der Waals surface area contributed by atoms with Gasteiger partial charge in [-0.15, -0.1) is 11.3 Å². The second-order valence-corrected chi connectivity index (χ2v) is 9.30. The summed E-state index contributed by atoms with van der Waals surface area (Å²) in [5, 5.41) is 3.92. The summed E-state index contributed by atoms with van der Waals surface area (Å²) in [5.41, 5.74) is 7.71. The summed E-state index contributed by atoms with van der Waals surface area (Å²) < 4.78 is 1.47. The second-order valence-electron chi connectivity index (χ2n) is 8.19. The first-order valence-corrected chi connectivity index (χ1v) is 12.3. The smallest absolute Gasteiger partial charge is 0.272 e. The van der Waals surface area contributed by atoms with Gasteiger partial charge < -0.3 is 5.32 Å². The van der Waals surface area contributed by atoms with Crippen molar-refractivity contribution in [3.05, 3.63) is 80.7 Å². The van der Waals surface area contributed by atoms with Crippen molar-refractivity contribution in [1.29, 1.82) is 0 Å². The van der Waals surface area contributed by atoms with Crippen LogP contribution in [0.1, 0.15) is 50.9 Å². The van der Waals surface area contributed by atoms with Crippen LogP contribution in [0.25, 0.3) is 10.9 Å². The summed E-state index contributed by atoms with van der Waals surface area (Å²) in [4.78, 5) is 48.7. The molecule has 1 aliphatic rings. The average molecular weight is 489 g/mol. The maximum Gasteiger partial charge on any atom is 0.272 e. The van der Waals surface area contributed by atoms with Crippen LogP contribution in [-0.2, 0) is 19.4 Å². The summed E-state index contributed by atoms with van der Waals surface area (Å²) in [5.74, 6) is -0.472. The van der Waals surface area contributed by atoms with Crippen LogP contribution >= 0.6 is 11.3 Å². The number of nitrogens with one attached hydrogen (secondary N) is 3. The summed E-state index contributed by atoms with van der Waals surface area (Å²) in [6.45, 7) is 2.22. The molecule has 10 heteroatoms. The molecule has 0 radical (unpaired) electrons. The number of carbonyl (C=O) groups excluding carboxylic acids is 2. The molecule has 0 saturated heterocycles. The van der Waals surface area contributed by atoms with Crippen LogP contribution in [0.3, 0.4) is 0 Å². The maximum atomic E-state index is 13.4. The number of nitrogens with zero attached hydrogens (tertiary/aromatic N) is 3. The predicted octanol–water partition coefficient (Wildman–Crippen LogP) is 3.76. The first-order chi connectivity index (χ1) is 17.1. The van der Waals surface area contributed by atoms with Crippen LogP contribution in [0.4, 0.5) is 10.9 Å². The van der Waals surface area contributed by atoms with E-state index in [0.717, 1.165) is 36.1 Å². The number of para-hydroxylation sites is 1. The Labute approximate surface area is 205 Å². The van der Waals surface area contributed by atoms with Crippen molar-refractivity contribution in [2.45, 2.75) is 39.2 Å². The van der Waals surface area contributed by atoms with Crippen LogP contribution in [0.5, 0.6) is 0 Å². The maximum absolute atomic E-state index is 13.4. The highest BCUT2D eigenvalue weighted by atomic mass is 32.1. The largest absolute Gasteiger partial charge is 0.313 e. The number of hydrogen-bond acceptors (Lipinski definition) is 7. The van der Waals surface area contributed by atoms with Gasteiger partial charge in [0, 0.05) is 23.8 Å². The third kappa shape index (κ3) is 4.40. The van der Waals surface area contributed by atoms with Crippen LogP contribution in [0.15, 0.2) is 53.6 Å². The fourth-order valence-corrected chi connectivity index (χ4v) is 5.58.